The maximum atomic E-state index is 12.2. The maximum Gasteiger partial charge on any atom is 0.311 e. The molecule has 0 spiro atoms. The maximum absolute atomic E-state index is 12.2. The van der Waals surface area contributed by atoms with Crippen molar-refractivity contribution in [3.63, 3.8) is 0 Å². The smallest absolute Gasteiger partial charge is 0.311 e. The van der Waals surface area contributed by atoms with Crippen molar-refractivity contribution in [1.82, 2.24) is 5.32 Å². The first-order valence-corrected chi connectivity index (χ1v) is 7.02. The average molecular weight is 298 g/mol. The molecule has 1 aromatic carbocycles. The van der Waals surface area contributed by atoms with Crippen LogP contribution in [0.2, 0.25) is 5.02 Å². The number of halogens is 1. The van der Waals surface area contributed by atoms with Gasteiger partial charge in [0.2, 0.25) is 0 Å². The summed E-state index contributed by atoms with van der Waals surface area (Å²) in [5, 5.41) is 12.5. The van der Waals surface area contributed by atoms with E-state index in [0.717, 1.165) is 5.56 Å². The number of carboxylic acids is 1. The molecule has 0 bridgehead atoms. The molecule has 0 radical (unpaired) electrons. The number of benzene rings is 1. The largest absolute Gasteiger partial charge is 0.481 e. The predicted octanol–water partition coefficient (Wildman–Crippen LogP) is 3.27. The van der Waals surface area contributed by atoms with Crippen LogP contribution >= 0.6 is 11.6 Å². The Kier molecular flexibility index (Phi) is 5.57. The summed E-state index contributed by atoms with van der Waals surface area (Å²) in [5.41, 5.74) is 0.368. The fourth-order valence-electron chi connectivity index (χ4n) is 2.06. The van der Waals surface area contributed by atoms with E-state index in [0.29, 0.717) is 23.4 Å². The topological polar surface area (TPSA) is 66.4 Å². The van der Waals surface area contributed by atoms with Crippen molar-refractivity contribution in [3.8, 4) is 0 Å². The fraction of sp³-hybridized carbons (Fsp3) is 0.467. The molecule has 0 fully saturated rings. The van der Waals surface area contributed by atoms with Crippen molar-refractivity contribution in [2.45, 2.75) is 33.6 Å². The van der Waals surface area contributed by atoms with E-state index in [4.69, 9.17) is 11.6 Å². The molecule has 2 N–H and O–H groups in total. The SMILES string of the molecule is CCC(CC)(CNC(=O)c1cc(Cl)ccc1C)C(=O)O. The molecule has 0 saturated heterocycles. The van der Waals surface area contributed by atoms with Gasteiger partial charge in [0.1, 0.15) is 0 Å². The molecule has 1 amide bonds. The van der Waals surface area contributed by atoms with Crippen LogP contribution in [-0.2, 0) is 4.79 Å². The van der Waals surface area contributed by atoms with Gasteiger partial charge in [-0.15, -0.1) is 0 Å². The number of amides is 1. The molecule has 20 heavy (non-hydrogen) atoms. The van der Waals surface area contributed by atoms with Gasteiger partial charge in [-0.3, -0.25) is 9.59 Å². The van der Waals surface area contributed by atoms with E-state index in [-0.39, 0.29) is 12.5 Å². The van der Waals surface area contributed by atoms with Gasteiger partial charge in [-0.05, 0) is 37.5 Å². The third-order valence-corrected chi connectivity index (χ3v) is 4.07. The van der Waals surface area contributed by atoms with Crippen molar-refractivity contribution in [2.24, 2.45) is 5.41 Å². The normalized spacial score (nSPS) is 11.2. The zero-order valence-electron chi connectivity index (χ0n) is 12.0. The summed E-state index contributed by atoms with van der Waals surface area (Å²) in [6, 6.07) is 5.07. The third-order valence-electron chi connectivity index (χ3n) is 3.84. The molecule has 1 rings (SSSR count). The molecule has 4 nitrogen and oxygen atoms in total. The minimum Gasteiger partial charge on any atom is -0.481 e. The van der Waals surface area contributed by atoms with E-state index in [1.807, 2.05) is 20.8 Å². The Morgan fingerprint density at radius 2 is 1.90 bits per heavy atom. The number of carboxylic acid groups (broad SMARTS) is 1. The highest BCUT2D eigenvalue weighted by Gasteiger charge is 2.35. The second-order valence-electron chi connectivity index (χ2n) is 4.93. The van der Waals surface area contributed by atoms with E-state index in [1.165, 1.54) is 0 Å². The molecule has 0 aromatic heterocycles. The number of rotatable bonds is 6. The van der Waals surface area contributed by atoms with Crippen molar-refractivity contribution in [3.05, 3.63) is 34.3 Å². The molecule has 0 aliphatic carbocycles. The highest BCUT2D eigenvalue weighted by atomic mass is 35.5. The van der Waals surface area contributed by atoms with Crippen LogP contribution in [0.3, 0.4) is 0 Å². The molecule has 0 aliphatic heterocycles. The first-order chi connectivity index (χ1) is 9.36. The standard InChI is InChI=1S/C15H20ClNO3/c1-4-15(5-2,14(19)20)9-17-13(18)12-8-11(16)7-6-10(12)3/h6-8H,4-5,9H2,1-3H3,(H,17,18)(H,19,20). The van der Waals surface area contributed by atoms with E-state index in [9.17, 15) is 14.7 Å². The molecule has 0 heterocycles. The van der Waals surface area contributed by atoms with Gasteiger partial charge < -0.3 is 10.4 Å². The predicted molar refractivity (Wildman–Crippen MR) is 79.2 cm³/mol. The van der Waals surface area contributed by atoms with Crippen molar-refractivity contribution >= 4 is 23.5 Å². The summed E-state index contributed by atoms with van der Waals surface area (Å²) >= 11 is 5.88. The van der Waals surface area contributed by atoms with Crippen LogP contribution in [0.1, 0.15) is 42.6 Å². The summed E-state index contributed by atoms with van der Waals surface area (Å²) in [5.74, 6) is -1.18. The molecule has 0 unspecified atom stereocenters. The van der Waals surface area contributed by atoms with Gasteiger partial charge in [0.25, 0.3) is 5.91 Å². The number of hydrogen-bond acceptors (Lipinski definition) is 2. The molecule has 5 heteroatoms. The molecule has 1 aromatic rings. The van der Waals surface area contributed by atoms with Gasteiger partial charge in [0.15, 0.2) is 0 Å². The van der Waals surface area contributed by atoms with Gasteiger partial charge in [-0.25, -0.2) is 0 Å². The number of aryl methyl sites for hydroxylation is 1. The summed E-state index contributed by atoms with van der Waals surface area (Å²) in [6.45, 7) is 5.55. The zero-order chi connectivity index (χ0) is 15.3. The van der Waals surface area contributed by atoms with E-state index < -0.39 is 11.4 Å². The zero-order valence-corrected chi connectivity index (χ0v) is 12.8. The van der Waals surface area contributed by atoms with Gasteiger partial charge in [0.05, 0.1) is 5.41 Å². The minimum atomic E-state index is -0.915. The van der Waals surface area contributed by atoms with Crippen LogP contribution in [0.5, 0.6) is 0 Å². The van der Waals surface area contributed by atoms with Crippen LogP contribution in [0.25, 0.3) is 0 Å². The molecule has 0 aliphatic rings. The Bertz CT molecular complexity index is 510. The molecule has 0 saturated carbocycles. The lowest BCUT2D eigenvalue weighted by Crippen LogP contribution is -2.42. The number of carbonyl (C=O) groups excluding carboxylic acids is 1. The molecular weight excluding hydrogens is 278 g/mol. The van der Waals surface area contributed by atoms with Gasteiger partial charge in [-0.2, -0.15) is 0 Å². The number of nitrogens with one attached hydrogen (secondary N) is 1. The third kappa shape index (κ3) is 3.51. The van der Waals surface area contributed by atoms with Gasteiger partial charge in [0, 0.05) is 17.1 Å². The molecule has 110 valence electrons. The van der Waals surface area contributed by atoms with Crippen LogP contribution < -0.4 is 5.32 Å². The van der Waals surface area contributed by atoms with E-state index in [2.05, 4.69) is 5.32 Å². The lowest BCUT2D eigenvalue weighted by Gasteiger charge is -2.27. The summed E-state index contributed by atoms with van der Waals surface area (Å²) in [7, 11) is 0. The Morgan fingerprint density at radius 3 is 2.40 bits per heavy atom. The van der Waals surface area contributed by atoms with E-state index in [1.54, 1.807) is 18.2 Å². The average Bonchev–Trinajstić information content (AvgIpc) is 2.42. The van der Waals surface area contributed by atoms with Crippen molar-refractivity contribution in [2.75, 3.05) is 6.54 Å². The summed E-state index contributed by atoms with van der Waals surface area (Å²) < 4.78 is 0. The van der Waals surface area contributed by atoms with Crippen LogP contribution in [0.4, 0.5) is 0 Å². The first-order valence-electron chi connectivity index (χ1n) is 6.64. The Hall–Kier alpha value is -1.55. The van der Waals surface area contributed by atoms with Gasteiger partial charge in [-0.1, -0.05) is 31.5 Å². The highest BCUT2D eigenvalue weighted by Crippen LogP contribution is 2.26. The number of carbonyl (C=O) groups is 2. The summed E-state index contributed by atoms with van der Waals surface area (Å²) in [4.78, 5) is 23.5. The second-order valence-corrected chi connectivity index (χ2v) is 5.37. The van der Waals surface area contributed by atoms with Crippen LogP contribution in [0.15, 0.2) is 18.2 Å². The quantitative estimate of drug-likeness (QED) is 0.847. The van der Waals surface area contributed by atoms with Gasteiger partial charge >= 0.3 is 5.97 Å². The Labute approximate surface area is 124 Å². The number of aliphatic carboxylic acids is 1. The van der Waals surface area contributed by atoms with Crippen LogP contribution in [-0.4, -0.2) is 23.5 Å². The fourth-order valence-corrected chi connectivity index (χ4v) is 2.23. The Morgan fingerprint density at radius 1 is 1.30 bits per heavy atom. The highest BCUT2D eigenvalue weighted by molar-refractivity contribution is 6.31. The van der Waals surface area contributed by atoms with Crippen molar-refractivity contribution in [1.29, 1.82) is 0 Å². The van der Waals surface area contributed by atoms with E-state index >= 15 is 0 Å². The minimum absolute atomic E-state index is 0.111. The first kappa shape index (κ1) is 16.5. The van der Waals surface area contributed by atoms with Crippen LogP contribution in [0, 0.1) is 12.3 Å². The second kappa shape index (κ2) is 6.75. The van der Waals surface area contributed by atoms with Crippen molar-refractivity contribution < 1.29 is 14.7 Å². The number of hydrogen-bond donors (Lipinski definition) is 2. The summed E-state index contributed by atoms with van der Waals surface area (Å²) in [6.07, 6.45) is 0.932. The monoisotopic (exact) mass is 297 g/mol. The molecule has 0 atom stereocenters. The molecular formula is C15H20ClNO3. The lowest BCUT2D eigenvalue weighted by molar-refractivity contribution is -0.149. The Balaban J connectivity index is 2.86. The lowest BCUT2D eigenvalue weighted by atomic mass is 9.82.